The minimum atomic E-state index is 0.102. The van der Waals surface area contributed by atoms with Crippen molar-refractivity contribution >= 4 is 5.91 Å². The molecule has 0 radical (unpaired) electrons. The number of rotatable bonds is 8. The number of fused-ring (bicyclic) bond motifs is 5. The van der Waals surface area contributed by atoms with E-state index < -0.39 is 0 Å². The van der Waals surface area contributed by atoms with Gasteiger partial charge in [0, 0.05) is 13.1 Å². The predicted molar refractivity (Wildman–Crippen MR) is 149 cm³/mol. The topological polar surface area (TPSA) is 20.3 Å². The molecule has 10 atom stereocenters. The first-order chi connectivity index (χ1) is 16.6. The summed E-state index contributed by atoms with van der Waals surface area (Å²) in [7, 11) is 2.00. The number of carbonyl (C=O) groups excluding carboxylic acids is 1. The first-order valence-corrected chi connectivity index (χ1v) is 15.5. The average molecular weight is 484 g/mol. The van der Waals surface area contributed by atoms with E-state index in [1.165, 1.54) is 83.1 Å². The Morgan fingerprint density at radius 2 is 1.66 bits per heavy atom. The molecule has 0 unspecified atom stereocenters. The largest absolute Gasteiger partial charge is 0.339 e. The van der Waals surface area contributed by atoms with Crippen molar-refractivity contribution in [2.45, 2.75) is 125 Å². The molecule has 4 aliphatic rings. The smallest absolute Gasteiger partial charge is 0.245 e. The lowest BCUT2D eigenvalue weighted by molar-refractivity contribution is -0.137. The molecule has 0 spiro atoms. The Hall–Kier alpha value is -0.790. The van der Waals surface area contributed by atoms with Gasteiger partial charge in [0.2, 0.25) is 5.91 Å². The molecule has 4 rings (SSSR count). The number of amides is 1. The summed E-state index contributed by atoms with van der Waals surface area (Å²) in [6, 6.07) is 0.415. The van der Waals surface area contributed by atoms with Gasteiger partial charge in [-0.05, 0) is 128 Å². The van der Waals surface area contributed by atoms with Crippen molar-refractivity contribution < 1.29 is 4.79 Å². The van der Waals surface area contributed by atoms with Crippen molar-refractivity contribution in [2.24, 2.45) is 58.2 Å². The molecule has 0 N–H and O–H groups in total. The van der Waals surface area contributed by atoms with Gasteiger partial charge >= 0.3 is 0 Å². The van der Waals surface area contributed by atoms with Gasteiger partial charge in [0.15, 0.2) is 0 Å². The lowest BCUT2D eigenvalue weighted by atomic mass is 9.44. The minimum absolute atomic E-state index is 0.102. The second-order valence-corrected chi connectivity index (χ2v) is 14.4. The molecule has 2 nitrogen and oxygen atoms in total. The molecule has 4 saturated carbocycles. The highest BCUT2D eigenvalue weighted by Crippen LogP contribution is 2.68. The van der Waals surface area contributed by atoms with E-state index in [9.17, 15) is 4.79 Å². The van der Waals surface area contributed by atoms with Gasteiger partial charge in [-0.3, -0.25) is 4.79 Å². The molecule has 0 aromatic carbocycles. The zero-order valence-electron chi connectivity index (χ0n) is 24.3. The molecule has 1 amide bonds. The Kier molecular flexibility index (Phi) is 8.20. The first-order valence-electron chi connectivity index (χ1n) is 15.5. The van der Waals surface area contributed by atoms with Crippen molar-refractivity contribution in [3.05, 3.63) is 12.7 Å². The maximum Gasteiger partial charge on any atom is 0.245 e. The van der Waals surface area contributed by atoms with E-state index in [1.807, 2.05) is 11.9 Å². The summed E-state index contributed by atoms with van der Waals surface area (Å²) < 4.78 is 0. The Balaban J connectivity index is 1.43. The monoisotopic (exact) mass is 483 g/mol. The average Bonchev–Trinajstić information content (AvgIpc) is 3.19. The molecule has 2 heteroatoms. The van der Waals surface area contributed by atoms with E-state index in [4.69, 9.17) is 0 Å². The van der Waals surface area contributed by atoms with Crippen molar-refractivity contribution in [1.29, 1.82) is 0 Å². The molecule has 0 saturated heterocycles. The van der Waals surface area contributed by atoms with Crippen LogP contribution in [0.1, 0.15) is 119 Å². The van der Waals surface area contributed by atoms with E-state index >= 15 is 0 Å². The summed E-state index contributed by atoms with van der Waals surface area (Å²) >= 11 is 0. The predicted octanol–water partition coefficient (Wildman–Crippen LogP) is 8.76. The van der Waals surface area contributed by atoms with Crippen molar-refractivity contribution in [2.75, 3.05) is 7.05 Å². The Bertz CT molecular complexity index is 758. The molecule has 200 valence electrons. The number of hydrogen-bond donors (Lipinski definition) is 0. The van der Waals surface area contributed by atoms with E-state index in [1.54, 1.807) is 0 Å². The lowest BCUT2D eigenvalue weighted by Gasteiger charge is -2.61. The molecule has 0 bridgehead atoms. The molecular weight excluding hydrogens is 426 g/mol. The first kappa shape index (κ1) is 27.3. The number of hydrogen-bond acceptors (Lipinski definition) is 1. The summed E-state index contributed by atoms with van der Waals surface area (Å²) in [5, 5.41) is 0. The second-order valence-electron chi connectivity index (χ2n) is 14.4. The van der Waals surface area contributed by atoms with Gasteiger partial charge in [0.1, 0.15) is 0 Å². The van der Waals surface area contributed by atoms with Crippen molar-refractivity contribution in [1.82, 2.24) is 4.90 Å². The standard InChI is InChI=1S/C33H57NO/c1-9-24(22(3)4)12-11-23(5)28-15-16-29-27-14-13-25-21-26(34(8)31(35)10-2)17-19-32(25,6)30(27)18-20-33(28,29)7/h10,22-30H,2,9,11-21H2,1,3-8H3/t23-,24-,25+,26+,27+,28-,29+,30+,32+,33-/m1/s1. The highest BCUT2D eigenvalue weighted by molar-refractivity contribution is 5.87. The zero-order chi connectivity index (χ0) is 25.5. The van der Waals surface area contributed by atoms with Crippen LogP contribution in [0.15, 0.2) is 12.7 Å². The van der Waals surface area contributed by atoms with Gasteiger partial charge in [0.25, 0.3) is 0 Å². The third-order valence-electron chi connectivity index (χ3n) is 12.9. The van der Waals surface area contributed by atoms with E-state index in [0.29, 0.717) is 16.9 Å². The molecule has 0 aliphatic heterocycles. The number of likely N-dealkylation sites (N-methyl/N-ethyl adjacent to an activating group) is 1. The second kappa shape index (κ2) is 10.5. The van der Waals surface area contributed by atoms with Gasteiger partial charge in [0.05, 0.1) is 0 Å². The summed E-state index contributed by atoms with van der Waals surface area (Å²) in [5.41, 5.74) is 1.07. The SMILES string of the molecule is C=CC(=O)N(C)[C@H]1CC[C@@]2(C)[C@@H](CC[C@@H]3[C@@H]2CC[C@]2(C)[C@@H]([C@H](C)CC[C@@H](CC)C(C)C)CC[C@@H]32)C1. The van der Waals surface area contributed by atoms with Crippen LogP contribution in [0.2, 0.25) is 0 Å². The van der Waals surface area contributed by atoms with Crippen molar-refractivity contribution in [3.8, 4) is 0 Å². The van der Waals surface area contributed by atoms with Crippen LogP contribution >= 0.6 is 0 Å². The van der Waals surface area contributed by atoms with Crippen molar-refractivity contribution in [3.63, 3.8) is 0 Å². The van der Waals surface area contributed by atoms with Crippen LogP contribution in [-0.4, -0.2) is 23.9 Å². The normalized spacial score (nSPS) is 42.5. The van der Waals surface area contributed by atoms with Crippen LogP contribution in [0, 0.1) is 58.2 Å². The minimum Gasteiger partial charge on any atom is -0.339 e. The molecule has 4 aliphatic carbocycles. The summed E-state index contributed by atoms with van der Waals surface area (Å²) in [4.78, 5) is 14.3. The van der Waals surface area contributed by atoms with Crippen LogP contribution in [-0.2, 0) is 4.79 Å². The van der Waals surface area contributed by atoms with Crippen LogP contribution in [0.25, 0.3) is 0 Å². The molecule has 0 aromatic heterocycles. The van der Waals surface area contributed by atoms with Crippen LogP contribution in [0.4, 0.5) is 0 Å². The molecule has 0 heterocycles. The molecular formula is C33H57NO. The van der Waals surface area contributed by atoms with Crippen LogP contribution in [0.3, 0.4) is 0 Å². The maximum atomic E-state index is 12.3. The number of carbonyl (C=O) groups is 1. The highest BCUT2D eigenvalue weighted by Gasteiger charge is 2.60. The Labute approximate surface area is 218 Å². The fourth-order valence-electron chi connectivity index (χ4n) is 10.6. The Morgan fingerprint density at radius 1 is 0.971 bits per heavy atom. The number of nitrogens with zero attached hydrogens (tertiary/aromatic N) is 1. The molecule has 4 fully saturated rings. The van der Waals surface area contributed by atoms with Gasteiger partial charge in [-0.2, -0.15) is 0 Å². The zero-order valence-corrected chi connectivity index (χ0v) is 24.3. The van der Waals surface area contributed by atoms with E-state index in [2.05, 4.69) is 48.1 Å². The molecule has 0 aromatic rings. The fraction of sp³-hybridized carbons (Fsp3) is 0.909. The quantitative estimate of drug-likeness (QED) is 0.316. The van der Waals surface area contributed by atoms with Crippen LogP contribution < -0.4 is 0 Å². The molecule has 35 heavy (non-hydrogen) atoms. The maximum absolute atomic E-state index is 12.3. The van der Waals surface area contributed by atoms with Gasteiger partial charge in [-0.1, -0.05) is 61.0 Å². The third kappa shape index (κ3) is 4.79. The van der Waals surface area contributed by atoms with Gasteiger partial charge < -0.3 is 4.90 Å². The van der Waals surface area contributed by atoms with E-state index in [0.717, 1.165) is 47.3 Å². The summed E-state index contributed by atoms with van der Waals surface area (Å²) in [6.07, 6.45) is 18.2. The van der Waals surface area contributed by atoms with Gasteiger partial charge in [-0.25, -0.2) is 0 Å². The lowest BCUT2D eigenvalue weighted by Crippen LogP contribution is -2.55. The third-order valence-corrected chi connectivity index (χ3v) is 12.9. The van der Waals surface area contributed by atoms with Gasteiger partial charge in [-0.15, -0.1) is 0 Å². The fourth-order valence-corrected chi connectivity index (χ4v) is 10.6. The summed E-state index contributed by atoms with van der Waals surface area (Å²) in [6.45, 7) is 19.0. The van der Waals surface area contributed by atoms with E-state index in [-0.39, 0.29) is 5.91 Å². The Morgan fingerprint density at radius 3 is 2.31 bits per heavy atom. The summed E-state index contributed by atoms with van der Waals surface area (Å²) in [5.74, 6) is 7.29. The van der Waals surface area contributed by atoms with Crippen LogP contribution in [0.5, 0.6) is 0 Å². The highest BCUT2D eigenvalue weighted by atomic mass is 16.2.